The molecule has 6 heteroatoms. The Morgan fingerprint density at radius 1 is 1.08 bits per heavy atom. The van der Waals surface area contributed by atoms with Gasteiger partial charge in [0, 0.05) is 32.4 Å². The van der Waals surface area contributed by atoms with Gasteiger partial charge in [0.2, 0.25) is 0 Å². The van der Waals surface area contributed by atoms with Crippen LogP contribution in [0.5, 0.6) is 0 Å². The number of guanidine groups is 1. The average Bonchev–Trinajstić information content (AvgIpc) is 2.89. The molecule has 0 atom stereocenters. The summed E-state index contributed by atoms with van der Waals surface area (Å²) in [5, 5.41) is 11.2. The van der Waals surface area contributed by atoms with Gasteiger partial charge in [-0.25, -0.2) is 0 Å². The van der Waals surface area contributed by atoms with Gasteiger partial charge in [0.25, 0.3) is 0 Å². The van der Waals surface area contributed by atoms with Gasteiger partial charge >= 0.3 is 0 Å². The van der Waals surface area contributed by atoms with Crippen LogP contribution in [0.1, 0.15) is 28.9 Å². The van der Waals surface area contributed by atoms with Crippen LogP contribution in [-0.4, -0.2) is 35.9 Å². The number of aromatic nitrogens is 2. The Labute approximate surface area is 168 Å². The van der Waals surface area contributed by atoms with Crippen molar-refractivity contribution in [3.63, 3.8) is 0 Å². The monoisotopic (exact) mass is 455 g/mol. The van der Waals surface area contributed by atoms with Gasteiger partial charge in [-0.05, 0) is 45.2 Å². The quantitative estimate of drug-likeness (QED) is 0.292. The normalized spacial score (nSPS) is 11.1. The standard InChI is InChI=1S/C19H29N5.HI/c1-15-6-8-18(9-7-15)10-12-22-19(20-4)21-11-5-13-24-17(3)14-16(2)23-24;/h6-9,14H,5,10-13H2,1-4H3,(H2,20,21,22);1H. The molecule has 0 spiro atoms. The number of rotatable bonds is 7. The molecule has 0 saturated carbocycles. The summed E-state index contributed by atoms with van der Waals surface area (Å²) < 4.78 is 2.06. The molecule has 2 aromatic rings. The molecule has 2 rings (SSSR count). The fourth-order valence-corrected chi connectivity index (χ4v) is 2.64. The zero-order valence-electron chi connectivity index (χ0n) is 15.7. The second kappa shape index (κ2) is 11.1. The number of benzene rings is 1. The lowest BCUT2D eigenvalue weighted by Crippen LogP contribution is -2.39. The van der Waals surface area contributed by atoms with E-state index in [9.17, 15) is 0 Å². The van der Waals surface area contributed by atoms with E-state index in [0.29, 0.717) is 0 Å². The number of halogens is 1. The van der Waals surface area contributed by atoms with E-state index in [1.165, 1.54) is 16.8 Å². The highest BCUT2D eigenvalue weighted by Gasteiger charge is 2.01. The number of aliphatic imine (C=N–C) groups is 1. The first-order chi connectivity index (χ1) is 11.6. The maximum absolute atomic E-state index is 4.48. The summed E-state index contributed by atoms with van der Waals surface area (Å²) in [6.45, 7) is 8.91. The molecule has 0 radical (unpaired) electrons. The Hall–Kier alpha value is -1.57. The van der Waals surface area contributed by atoms with Gasteiger partial charge in [-0.15, -0.1) is 24.0 Å². The van der Waals surface area contributed by atoms with Crippen LogP contribution in [0.2, 0.25) is 0 Å². The highest BCUT2D eigenvalue weighted by Crippen LogP contribution is 2.03. The Morgan fingerprint density at radius 2 is 1.76 bits per heavy atom. The molecule has 0 aliphatic heterocycles. The highest BCUT2D eigenvalue weighted by atomic mass is 127. The minimum atomic E-state index is 0. The topological polar surface area (TPSA) is 54.2 Å². The predicted molar refractivity (Wildman–Crippen MR) is 116 cm³/mol. The second-order valence-electron chi connectivity index (χ2n) is 6.17. The number of nitrogens with zero attached hydrogens (tertiary/aromatic N) is 3. The van der Waals surface area contributed by atoms with Gasteiger partial charge in [0.05, 0.1) is 5.69 Å². The summed E-state index contributed by atoms with van der Waals surface area (Å²) in [5.74, 6) is 0.857. The van der Waals surface area contributed by atoms with Crippen LogP contribution in [-0.2, 0) is 13.0 Å². The fraction of sp³-hybridized carbons (Fsp3) is 0.474. The van der Waals surface area contributed by atoms with Crippen LogP contribution in [0, 0.1) is 20.8 Å². The molecule has 0 aliphatic rings. The first-order valence-electron chi connectivity index (χ1n) is 8.59. The van der Waals surface area contributed by atoms with Crippen molar-refractivity contribution in [1.29, 1.82) is 0 Å². The molecule has 25 heavy (non-hydrogen) atoms. The van der Waals surface area contributed by atoms with Gasteiger partial charge in [-0.1, -0.05) is 29.8 Å². The Bertz CT molecular complexity index is 661. The van der Waals surface area contributed by atoms with Crippen molar-refractivity contribution >= 4 is 29.9 Å². The molecular weight excluding hydrogens is 425 g/mol. The zero-order valence-corrected chi connectivity index (χ0v) is 18.0. The minimum absolute atomic E-state index is 0. The summed E-state index contributed by atoms with van der Waals surface area (Å²) in [7, 11) is 1.81. The molecule has 1 heterocycles. The van der Waals surface area contributed by atoms with Crippen LogP contribution in [0.4, 0.5) is 0 Å². The summed E-state index contributed by atoms with van der Waals surface area (Å²) in [6, 6.07) is 10.8. The van der Waals surface area contributed by atoms with Crippen molar-refractivity contribution in [2.75, 3.05) is 20.1 Å². The molecule has 2 N–H and O–H groups in total. The van der Waals surface area contributed by atoms with Gasteiger partial charge < -0.3 is 10.6 Å². The SMILES string of the molecule is CN=C(NCCCn1nc(C)cc1C)NCCc1ccc(C)cc1.I. The third kappa shape index (κ3) is 7.46. The van der Waals surface area contributed by atoms with Crippen molar-refractivity contribution in [1.82, 2.24) is 20.4 Å². The van der Waals surface area contributed by atoms with Crippen LogP contribution < -0.4 is 10.6 Å². The van der Waals surface area contributed by atoms with Crippen molar-refractivity contribution in [2.45, 2.75) is 40.2 Å². The first-order valence-corrected chi connectivity index (χ1v) is 8.59. The summed E-state index contributed by atoms with van der Waals surface area (Å²) in [5.41, 5.74) is 4.93. The summed E-state index contributed by atoms with van der Waals surface area (Å²) >= 11 is 0. The number of aryl methyl sites for hydroxylation is 4. The Balaban J connectivity index is 0.00000312. The smallest absolute Gasteiger partial charge is 0.190 e. The van der Waals surface area contributed by atoms with E-state index in [1.54, 1.807) is 0 Å². The summed E-state index contributed by atoms with van der Waals surface area (Å²) in [4.78, 5) is 4.27. The lowest BCUT2D eigenvalue weighted by Gasteiger charge is -2.12. The first kappa shape index (κ1) is 21.5. The highest BCUT2D eigenvalue weighted by molar-refractivity contribution is 14.0. The van der Waals surface area contributed by atoms with Gasteiger partial charge in [0.1, 0.15) is 0 Å². The van der Waals surface area contributed by atoms with E-state index < -0.39 is 0 Å². The molecule has 0 unspecified atom stereocenters. The van der Waals surface area contributed by atoms with E-state index in [2.05, 4.69) is 69.6 Å². The largest absolute Gasteiger partial charge is 0.356 e. The van der Waals surface area contributed by atoms with E-state index >= 15 is 0 Å². The second-order valence-corrected chi connectivity index (χ2v) is 6.17. The molecule has 0 aliphatic carbocycles. The van der Waals surface area contributed by atoms with Crippen LogP contribution >= 0.6 is 24.0 Å². The number of hydrogen-bond donors (Lipinski definition) is 2. The van der Waals surface area contributed by atoms with Crippen molar-refractivity contribution < 1.29 is 0 Å². The van der Waals surface area contributed by atoms with Crippen molar-refractivity contribution in [2.24, 2.45) is 4.99 Å². The lowest BCUT2D eigenvalue weighted by atomic mass is 10.1. The Morgan fingerprint density at radius 3 is 2.36 bits per heavy atom. The van der Waals surface area contributed by atoms with Gasteiger partial charge in [-0.2, -0.15) is 5.10 Å². The van der Waals surface area contributed by atoms with Gasteiger partial charge in [-0.3, -0.25) is 9.67 Å². The van der Waals surface area contributed by atoms with E-state index in [4.69, 9.17) is 0 Å². The molecule has 0 saturated heterocycles. The maximum atomic E-state index is 4.48. The molecule has 5 nitrogen and oxygen atoms in total. The predicted octanol–water partition coefficient (Wildman–Crippen LogP) is 3.22. The number of nitrogens with one attached hydrogen (secondary N) is 2. The third-order valence-corrected chi connectivity index (χ3v) is 3.99. The molecule has 0 fully saturated rings. The van der Waals surface area contributed by atoms with Crippen molar-refractivity contribution in [3.05, 3.63) is 52.8 Å². The van der Waals surface area contributed by atoms with Crippen molar-refractivity contribution in [3.8, 4) is 0 Å². The van der Waals surface area contributed by atoms with Crippen LogP contribution in [0.15, 0.2) is 35.3 Å². The van der Waals surface area contributed by atoms with E-state index in [-0.39, 0.29) is 24.0 Å². The zero-order chi connectivity index (χ0) is 17.4. The minimum Gasteiger partial charge on any atom is -0.356 e. The van der Waals surface area contributed by atoms with E-state index in [0.717, 1.165) is 44.1 Å². The molecular formula is C19H30IN5. The third-order valence-electron chi connectivity index (χ3n) is 3.99. The van der Waals surface area contributed by atoms with Gasteiger partial charge in [0.15, 0.2) is 5.96 Å². The average molecular weight is 455 g/mol. The molecule has 1 aromatic carbocycles. The van der Waals surface area contributed by atoms with Crippen LogP contribution in [0.3, 0.4) is 0 Å². The molecule has 0 bridgehead atoms. The number of hydrogen-bond acceptors (Lipinski definition) is 2. The molecule has 1 aromatic heterocycles. The fourth-order valence-electron chi connectivity index (χ4n) is 2.64. The maximum Gasteiger partial charge on any atom is 0.190 e. The molecule has 0 amide bonds. The summed E-state index contributed by atoms with van der Waals surface area (Å²) in [6.07, 6.45) is 2.01. The lowest BCUT2D eigenvalue weighted by molar-refractivity contribution is 0.555. The molecule has 138 valence electrons. The van der Waals surface area contributed by atoms with Crippen LogP contribution in [0.25, 0.3) is 0 Å². The van der Waals surface area contributed by atoms with E-state index in [1.807, 2.05) is 14.0 Å². The Kier molecular flexibility index (Phi) is 9.55.